The molecule has 1 N–H and O–H groups in total. The summed E-state index contributed by atoms with van der Waals surface area (Å²) in [6.45, 7) is 4.30. The van der Waals surface area contributed by atoms with Crippen molar-refractivity contribution in [3.8, 4) is 0 Å². The second kappa shape index (κ2) is 7.42. The zero-order chi connectivity index (χ0) is 15.2. The van der Waals surface area contributed by atoms with Crippen molar-refractivity contribution in [2.45, 2.75) is 26.0 Å². The van der Waals surface area contributed by atoms with Gasteiger partial charge in [-0.2, -0.15) is 0 Å². The third kappa shape index (κ3) is 4.44. The molecular formula is C13H19ClN4O3. The largest absolute Gasteiger partial charge is 0.453 e. The summed E-state index contributed by atoms with van der Waals surface area (Å²) in [5, 5.41) is 3.18. The lowest BCUT2D eigenvalue weighted by Crippen LogP contribution is -2.37. The molecule has 0 radical (unpaired) electrons. The van der Waals surface area contributed by atoms with E-state index in [0.717, 1.165) is 18.8 Å². The van der Waals surface area contributed by atoms with Crippen LogP contribution >= 0.6 is 11.6 Å². The summed E-state index contributed by atoms with van der Waals surface area (Å²) in [5.74, 6) is 1.31. The molecule has 0 spiro atoms. The van der Waals surface area contributed by atoms with E-state index < -0.39 is 6.09 Å². The highest BCUT2D eigenvalue weighted by molar-refractivity contribution is 6.29. The predicted octanol–water partition coefficient (Wildman–Crippen LogP) is 1.60. The number of hydrogen-bond acceptors (Lipinski definition) is 6. The SMILES string of the molecule is CCOCc1nc(Cl)cc(N2CCC(NC(=O)OC)C2)n1. The normalized spacial score (nSPS) is 17.9. The zero-order valence-electron chi connectivity index (χ0n) is 12.1. The fourth-order valence-corrected chi connectivity index (χ4v) is 2.38. The molecule has 7 nitrogen and oxygen atoms in total. The van der Waals surface area contributed by atoms with Gasteiger partial charge in [0.25, 0.3) is 0 Å². The zero-order valence-corrected chi connectivity index (χ0v) is 12.9. The quantitative estimate of drug-likeness (QED) is 0.832. The van der Waals surface area contributed by atoms with Gasteiger partial charge in [-0.1, -0.05) is 11.6 Å². The van der Waals surface area contributed by atoms with E-state index in [9.17, 15) is 4.79 Å². The van der Waals surface area contributed by atoms with Crippen LogP contribution in [-0.4, -0.2) is 48.9 Å². The second-order valence-electron chi connectivity index (χ2n) is 4.67. The number of nitrogens with zero attached hydrogens (tertiary/aromatic N) is 3. The number of hydrogen-bond donors (Lipinski definition) is 1. The third-order valence-corrected chi connectivity index (χ3v) is 3.38. The van der Waals surface area contributed by atoms with E-state index in [-0.39, 0.29) is 6.04 Å². The van der Waals surface area contributed by atoms with Crippen molar-refractivity contribution in [3.05, 3.63) is 17.0 Å². The summed E-state index contributed by atoms with van der Waals surface area (Å²) in [7, 11) is 1.35. The smallest absolute Gasteiger partial charge is 0.407 e. The molecule has 8 heteroatoms. The minimum Gasteiger partial charge on any atom is -0.453 e. The van der Waals surface area contributed by atoms with E-state index in [1.807, 2.05) is 6.92 Å². The molecule has 1 amide bonds. The maximum atomic E-state index is 11.2. The van der Waals surface area contributed by atoms with E-state index in [4.69, 9.17) is 16.3 Å². The summed E-state index contributed by atoms with van der Waals surface area (Å²) >= 11 is 6.03. The number of aromatic nitrogens is 2. The minimum atomic E-state index is -0.417. The monoisotopic (exact) mass is 314 g/mol. The van der Waals surface area contributed by atoms with Crippen LogP contribution in [0.5, 0.6) is 0 Å². The molecule has 21 heavy (non-hydrogen) atoms. The van der Waals surface area contributed by atoms with Crippen molar-refractivity contribution in [1.29, 1.82) is 0 Å². The van der Waals surface area contributed by atoms with Gasteiger partial charge < -0.3 is 19.7 Å². The molecular weight excluding hydrogens is 296 g/mol. The molecule has 0 aliphatic carbocycles. The summed E-state index contributed by atoms with van der Waals surface area (Å²) in [6, 6.07) is 1.76. The Bertz CT molecular complexity index is 500. The summed E-state index contributed by atoms with van der Waals surface area (Å²) in [4.78, 5) is 21.9. The number of alkyl carbamates (subject to hydrolysis) is 1. The first kappa shape index (κ1) is 15.8. The molecule has 1 aromatic rings. The molecule has 116 valence electrons. The van der Waals surface area contributed by atoms with Gasteiger partial charge in [-0.15, -0.1) is 0 Å². The lowest BCUT2D eigenvalue weighted by Gasteiger charge is -2.18. The highest BCUT2D eigenvalue weighted by Crippen LogP contribution is 2.21. The Morgan fingerprint density at radius 2 is 2.38 bits per heavy atom. The number of anilines is 1. The number of rotatable bonds is 5. The molecule has 0 aromatic carbocycles. The molecule has 2 rings (SSSR count). The van der Waals surface area contributed by atoms with E-state index in [1.54, 1.807) is 6.07 Å². The summed E-state index contributed by atoms with van der Waals surface area (Å²) < 4.78 is 9.91. The molecule has 1 atom stereocenters. The highest BCUT2D eigenvalue weighted by atomic mass is 35.5. The molecule has 0 bridgehead atoms. The van der Waals surface area contributed by atoms with E-state index >= 15 is 0 Å². The van der Waals surface area contributed by atoms with E-state index in [1.165, 1.54) is 7.11 Å². The van der Waals surface area contributed by atoms with Crippen LogP contribution < -0.4 is 10.2 Å². The lowest BCUT2D eigenvalue weighted by molar-refractivity contribution is 0.128. The van der Waals surface area contributed by atoms with Crippen LogP contribution in [0.2, 0.25) is 5.15 Å². The number of methoxy groups -OCH3 is 1. The van der Waals surface area contributed by atoms with Gasteiger partial charge in [0.05, 0.1) is 13.2 Å². The highest BCUT2D eigenvalue weighted by Gasteiger charge is 2.25. The molecule has 1 aromatic heterocycles. The average Bonchev–Trinajstić information content (AvgIpc) is 2.93. The first-order valence-electron chi connectivity index (χ1n) is 6.83. The number of carbonyl (C=O) groups is 1. The number of ether oxygens (including phenoxy) is 2. The van der Waals surface area contributed by atoms with Crippen LogP contribution in [-0.2, 0) is 16.1 Å². The van der Waals surface area contributed by atoms with Gasteiger partial charge >= 0.3 is 6.09 Å². The van der Waals surface area contributed by atoms with Crippen LogP contribution in [0.15, 0.2) is 6.07 Å². The Hall–Kier alpha value is -1.60. The summed E-state index contributed by atoms with van der Waals surface area (Å²) in [5.41, 5.74) is 0. The van der Waals surface area contributed by atoms with Crippen molar-refractivity contribution in [2.75, 3.05) is 31.7 Å². The first-order valence-corrected chi connectivity index (χ1v) is 7.20. The van der Waals surface area contributed by atoms with Gasteiger partial charge in [0.2, 0.25) is 0 Å². The van der Waals surface area contributed by atoms with Crippen LogP contribution in [0.25, 0.3) is 0 Å². The van der Waals surface area contributed by atoms with Crippen molar-refractivity contribution < 1.29 is 14.3 Å². The molecule has 1 aliphatic rings. The standard InChI is InChI=1S/C13H19ClN4O3/c1-3-21-8-11-16-10(14)6-12(17-11)18-5-4-9(7-18)15-13(19)20-2/h6,9H,3-5,7-8H2,1-2H3,(H,15,19). The van der Waals surface area contributed by atoms with Gasteiger partial charge in [0.15, 0.2) is 5.82 Å². The third-order valence-electron chi connectivity index (χ3n) is 3.18. The second-order valence-corrected chi connectivity index (χ2v) is 5.06. The Morgan fingerprint density at radius 3 is 3.10 bits per heavy atom. The maximum absolute atomic E-state index is 11.2. The van der Waals surface area contributed by atoms with Gasteiger partial charge in [-0.05, 0) is 13.3 Å². The molecule has 1 aliphatic heterocycles. The predicted molar refractivity (Wildman–Crippen MR) is 78.5 cm³/mol. The van der Waals surface area contributed by atoms with E-state index in [0.29, 0.717) is 30.7 Å². The van der Waals surface area contributed by atoms with Crippen LogP contribution in [0.4, 0.5) is 10.6 Å². The Morgan fingerprint density at radius 1 is 1.57 bits per heavy atom. The fourth-order valence-electron chi connectivity index (χ4n) is 2.18. The van der Waals surface area contributed by atoms with Crippen LogP contribution in [0.1, 0.15) is 19.2 Å². The minimum absolute atomic E-state index is 0.0431. The molecule has 1 saturated heterocycles. The van der Waals surface area contributed by atoms with Crippen LogP contribution in [0.3, 0.4) is 0 Å². The topological polar surface area (TPSA) is 76.6 Å². The summed E-state index contributed by atoms with van der Waals surface area (Å²) in [6.07, 6.45) is 0.414. The van der Waals surface area contributed by atoms with Gasteiger partial charge in [-0.25, -0.2) is 14.8 Å². The van der Waals surface area contributed by atoms with Crippen molar-refractivity contribution in [1.82, 2.24) is 15.3 Å². The maximum Gasteiger partial charge on any atom is 0.407 e. The van der Waals surface area contributed by atoms with Gasteiger partial charge in [-0.3, -0.25) is 0 Å². The Kier molecular flexibility index (Phi) is 5.58. The number of nitrogens with one attached hydrogen (secondary N) is 1. The fraction of sp³-hybridized carbons (Fsp3) is 0.615. The lowest BCUT2D eigenvalue weighted by atomic mass is 10.3. The molecule has 1 unspecified atom stereocenters. The van der Waals surface area contributed by atoms with Gasteiger partial charge in [0, 0.05) is 25.8 Å². The molecule has 1 fully saturated rings. The molecule has 0 saturated carbocycles. The van der Waals surface area contributed by atoms with Crippen molar-refractivity contribution in [2.24, 2.45) is 0 Å². The Balaban J connectivity index is 2.01. The number of carbonyl (C=O) groups excluding carboxylic acids is 1. The van der Waals surface area contributed by atoms with Gasteiger partial charge in [0.1, 0.15) is 17.6 Å². The van der Waals surface area contributed by atoms with Crippen LogP contribution in [0, 0.1) is 0 Å². The molecule has 2 heterocycles. The number of amides is 1. The van der Waals surface area contributed by atoms with E-state index in [2.05, 4.69) is 24.9 Å². The first-order chi connectivity index (χ1) is 10.1. The Labute approximate surface area is 128 Å². The average molecular weight is 315 g/mol. The van der Waals surface area contributed by atoms with Crippen molar-refractivity contribution in [3.63, 3.8) is 0 Å². The van der Waals surface area contributed by atoms with Crippen molar-refractivity contribution >= 4 is 23.5 Å². The number of halogens is 1.